The Labute approximate surface area is 126 Å². The maximum Gasteiger partial charge on any atom is 0.271 e. The number of amides is 1. The molecule has 0 spiro atoms. The molecule has 0 aliphatic rings. The predicted molar refractivity (Wildman–Crippen MR) is 82.7 cm³/mol. The number of carbonyl (C=O) groups is 1. The van der Waals surface area contributed by atoms with E-state index in [-0.39, 0.29) is 5.91 Å². The maximum absolute atomic E-state index is 11.9. The van der Waals surface area contributed by atoms with E-state index in [1.807, 2.05) is 31.2 Å². The van der Waals surface area contributed by atoms with E-state index in [2.05, 4.69) is 31.4 Å². The van der Waals surface area contributed by atoms with Gasteiger partial charge in [0.05, 0.1) is 5.71 Å². The van der Waals surface area contributed by atoms with Gasteiger partial charge in [-0.15, -0.1) is 0 Å². The van der Waals surface area contributed by atoms with E-state index >= 15 is 0 Å². The van der Waals surface area contributed by atoms with Gasteiger partial charge >= 0.3 is 0 Å². The number of hydrazone groups is 1. The fraction of sp³-hybridized carbons (Fsp3) is 0.133. The summed E-state index contributed by atoms with van der Waals surface area (Å²) in [6, 6.07) is 11.1. The minimum absolute atomic E-state index is 0.240. The van der Waals surface area contributed by atoms with Crippen LogP contribution in [0.15, 0.2) is 58.4 Å². The highest BCUT2D eigenvalue weighted by Crippen LogP contribution is 2.12. The summed E-state index contributed by atoms with van der Waals surface area (Å²) in [5.41, 5.74) is 4.93. The summed E-state index contributed by atoms with van der Waals surface area (Å²) in [5, 5.41) is 4.20. The van der Waals surface area contributed by atoms with Crippen molar-refractivity contribution in [3.05, 3.63) is 64.4 Å². The number of carbonyl (C=O) groups excluding carboxylic acids is 1. The summed E-state index contributed by atoms with van der Waals surface area (Å²) in [7, 11) is 0. The van der Waals surface area contributed by atoms with Gasteiger partial charge in [-0.1, -0.05) is 35.0 Å². The number of benzene rings is 1. The summed E-state index contributed by atoms with van der Waals surface area (Å²) in [6.45, 7) is 2.00. The second-order valence-electron chi connectivity index (χ2n) is 4.10. The second-order valence-corrected chi connectivity index (χ2v) is 5.01. The molecule has 0 saturated heterocycles. The van der Waals surface area contributed by atoms with Gasteiger partial charge < -0.3 is 0 Å². The van der Waals surface area contributed by atoms with Crippen LogP contribution in [0.25, 0.3) is 0 Å². The first-order valence-electron chi connectivity index (χ1n) is 6.23. The van der Waals surface area contributed by atoms with Crippen molar-refractivity contribution in [3.63, 3.8) is 0 Å². The van der Waals surface area contributed by atoms with Gasteiger partial charge in [-0.3, -0.25) is 9.78 Å². The topological polar surface area (TPSA) is 54.4 Å². The van der Waals surface area contributed by atoms with Crippen LogP contribution in [0.1, 0.15) is 29.3 Å². The zero-order chi connectivity index (χ0) is 14.4. The number of hydrogen-bond acceptors (Lipinski definition) is 3. The van der Waals surface area contributed by atoms with Crippen LogP contribution in [-0.2, 0) is 0 Å². The first kappa shape index (κ1) is 14.4. The molecule has 0 aliphatic carbocycles. The molecule has 0 unspecified atom stereocenters. The Balaban J connectivity index is 2.12. The molecule has 2 rings (SSSR count). The Hall–Kier alpha value is -2.01. The van der Waals surface area contributed by atoms with Gasteiger partial charge in [-0.2, -0.15) is 5.10 Å². The molecule has 0 aliphatic heterocycles. The van der Waals surface area contributed by atoms with Crippen LogP contribution < -0.4 is 5.43 Å². The highest BCUT2D eigenvalue weighted by molar-refractivity contribution is 9.10. The number of nitrogens with zero attached hydrogens (tertiary/aromatic N) is 2. The van der Waals surface area contributed by atoms with Crippen LogP contribution >= 0.6 is 15.9 Å². The molecule has 102 valence electrons. The van der Waals surface area contributed by atoms with Crippen molar-refractivity contribution in [2.24, 2.45) is 5.10 Å². The van der Waals surface area contributed by atoms with Crippen LogP contribution in [0, 0.1) is 0 Å². The Bertz CT molecular complexity index is 609. The van der Waals surface area contributed by atoms with Gasteiger partial charge in [-0.05, 0) is 36.2 Å². The van der Waals surface area contributed by atoms with Crippen LogP contribution in [0.2, 0.25) is 0 Å². The van der Waals surface area contributed by atoms with Gasteiger partial charge in [0, 0.05) is 22.4 Å². The Morgan fingerprint density at radius 2 is 1.80 bits per heavy atom. The van der Waals surface area contributed by atoms with Crippen molar-refractivity contribution in [1.29, 1.82) is 0 Å². The van der Waals surface area contributed by atoms with Crippen molar-refractivity contribution < 1.29 is 4.79 Å². The Kier molecular flexibility index (Phi) is 5.01. The van der Waals surface area contributed by atoms with Crippen molar-refractivity contribution >= 4 is 27.5 Å². The third-order valence-corrected chi connectivity index (χ3v) is 3.28. The minimum Gasteiger partial charge on any atom is -0.267 e. The Morgan fingerprint density at radius 1 is 1.15 bits per heavy atom. The molecule has 0 radical (unpaired) electrons. The molecule has 0 bridgehead atoms. The first-order valence-corrected chi connectivity index (χ1v) is 7.03. The lowest BCUT2D eigenvalue weighted by Gasteiger charge is -2.05. The number of nitrogens with one attached hydrogen (secondary N) is 1. The molecular formula is C15H14BrN3O. The average molecular weight is 332 g/mol. The Morgan fingerprint density at radius 3 is 2.40 bits per heavy atom. The molecule has 5 heteroatoms. The van der Waals surface area contributed by atoms with Crippen LogP contribution in [0.3, 0.4) is 0 Å². The summed E-state index contributed by atoms with van der Waals surface area (Å²) in [5.74, 6) is -0.240. The SMILES string of the molecule is CC/C(=N\NC(=O)c1ccncc1)c1ccc(Br)cc1. The molecule has 0 saturated carbocycles. The lowest BCUT2D eigenvalue weighted by Crippen LogP contribution is -2.19. The number of halogens is 1. The largest absolute Gasteiger partial charge is 0.271 e. The first-order chi connectivity index (χ1) is 9.70. The van der Waals surface area contributed by atoms with Crippen molar-refractivity contribution in [2.45, 2.75) is 13.3 Å². The van der Waals surface area contributed by atoms with Gasteiger partial charge in [0.15, 0.2) is 0 Å². The molecule has 1 aromatic heterocycles. The van der Waals surface area contributed by atoms with E-state index in [1.54, 1.807) is 24.5 Å². The fourth-order valence-electron chi connectivity index (χ4n) is 1.68. The average Bonchev–Trinajstić information content (AvgIpc) is 2.50. The van der Waals surface area contributed by atoms with Gasteiger partial charge in [-0.25, -0.2) is 5.43 Å². The standard InChI is InChI=1S/C15H14BrN3O/c1-2-14(11-3-5-13(16)6-4-11)18-19-15(20)12-7-9-17-10-8-12/h3-10H,2H2,1H3,(H,19,20)/b18-14+. The number of aromatic nitrogens is 1. The zero-order valence-electron chi connectivity index (χ0n) is 11.0. The van der Waals surface area contributed by atoms with Gasteiger partial charge in [0.25, 0.3) is 5.91 Å². The molecule has 1 heterocycles. The van der Waals surface area contributed by atoms with Crippen molar-refractivity contribution in [2.75, 3.05) is 0 Å². The highest BCUT2D eigenvalue weighted by atomic mass is 79.9. The van der Waals surface area contributed by atoms with E-state index in [9.17, 15) is 4.79 Å². The maximum atomic E-state index is 11.9. The molecule has 2 aromatic rings. The third kappa shape index (κ3) is 3.74. The number of hydrogen-bond donors (Lipinski definition) is 1. The second kappa shape index (κ2) is 6.96. The molecule has 1 amide bonds. The van der Waals surface area contributed by atoms with Crippen LogP contribution in [0.4, 0.5) is 0 Å². The molecule has 1 N–H and O–H groups in total. The quantitative estimate of drug-likeness (QED) is 0.689. The normalized spacial score (nSPS) is 11.2. The zero-order valence-corrected chi connectivity index (χ0v) is 12.6. The van der Waals surface area contributed by atoms with E-state index < -0.39 is 0 Å². The molecule has 1 aromatic carbocycles. The molecule has 0 fully saturated rings. The summed E-state index contributed by atoms with van der Waals surface area (Å²) >= 11 is 3.39. The third-order valence-electron chi connectivity index (χ3n) is 2.75. The van der Waals surface area contributed by atoms with E-state index in [0.717, 1.165) is 22.2 Å². The van der Waals surface area contributed by atoms with Crippen LogP contribution in [-0.4, -0.2) is 16.6 Å². The summed E-state index contributed by atoms with van der Waals surface area (Å²) in [6.07, 6.45) is 3.89. The van der Waals surface area contributed by atoms with Crippen LogP contribution in [0.5, 0.6) is 0 Å². The highest BCUT2D eigenvalue weighted by Gasteiger charge is 2.05. The molecule has 20 heavy (non-hydrogen) atoms. The van der Waals surface area contributed by atoms with Gasteiger partial charge in [0.1, 0.15) is 0 Å². The monoisotopic (exact) mass is 331 g/mol. The number of pyridine rings is 1. The summed E-state index contributed by atoms with van der Waals surface area (Å²) < 4.78 is 1.01. The number of rotatable bonds is 4. The minimum atomic E-state index is -0.240. The van der Waals surface area contributed by atoms with E-state index in [1.165, 1.54) is 0 Å². The molecule has 4 nitrogen and oxygen atoms in total. The van der Waals surface area contributed by atoms with Gasteiger partial charge in [0.2, 0.25) is 0 Å². The van der Waals surface area contributed by atoms with Crippen molar-refractivity contribution in [3.8, 4) is 0 Å². The summed E-state index contributed by atoms with van der Waals surface area (Å²) in [4.78, 5) is 15.8. The lowest BCUT2D eigenvalue weighted by atomic mass is 10.1. The fourth-order valence-corrected chi connectivity index (χ4v) is 1.94. The molecular weight excluding hydrogens is 318 g/mol. The molecule has 0 atom stereocenters. The van der Waals surface area contributed by atoms with E-state index in [0.29, 0.717) is 5.56 Å². The van der Waals surface area contributed by atoms with E-state index in [4.69, 9.17) is 0 Å². The smallest absolute Gasteiger partial charge is 0.267 e. The predicted octanol–water partition coefficient (Wildman–Crippen LogP) is 3.39. The van der Waals surface area contributed by atoms with Crippen molar-refractivity contribution in [1.82, 2.24) is 10.4 Å². The lowest BCUT2D eigenvalue weighted by molar-refractivity contribution is 0.0954.